The molecule has 136 valence electrons. The van der Waals surface area contributed by atoms with E-state index in [0.29, 0.717) is 0 Å². The molecule has 0 saturated heterocycles. The van der Waals surface area contributed by atoms with Gasteiger partial charge in [-0.15, -0.1) is 0 Å². The Hall–Kier alpha value is -2.20. The number of aliphatic hydroxyl groups is 1. The van der Waals surface area contributed by atoms with Gasteiger partial charge in [-0.1, -0.05) is 54.1 Å². The van der Waals surface area contributed by atoms with Crippen molar-refractivity contribution in [2.75, 3.05) is 7.11 Å². The number of aromatic nitrogens is 1. The van der Waals surface area contributed by atoms with E-state index < -0.39 is 0 Å². The minimum atomic E-state index is 0.770. The zero-order valence-electron chi connectivity index (χ0n) is 15.2. The Balaban J connectivity index is 0.00000117. The van der Waals surface area contributed by atoms with Crippen LogP contribution in [0.2, 0.25) is 5.02 Å². The normalized spacial score (nSPS) is 10.2. The average molecular weight is 369 g/mol. The Kier molecular flexibility index (Phi) is 8.29. The molecule has 2 aromatic carbocycles. The maximum atomic E-state index is 7.00. The maximum absolute atomic E-state index is 7.00. The van der Waals surface area contributed by atoms with E-state index in [0.717, 1.165) is 37.2 Å². The lowest BCUT2D eigenvalue weighted by atomic mass is 10.0. The summed E-state index contributed by atoms with van der Waals surface area (Å²) >= 11 is 6.21. The third kappa shape index (κ3) is 5.95. The molecule has 0 saturated carbocycles. The molecule has 3 nitrogen and oxygen atoms in total. The predicted molar refractivity (Wildman–Crippen MR) is 108 cm³/mol. The van der Waals surface area contributed by atoms with Gasteiger partial charge in [-0.3, -0.25) is 4.98 Å². The molecule has 1 aromatic heterocycles. The molecule has 0 fully saturated rings. The molecule has 0 aliphatic carbocycles. The van der Waals surface area contributed by atoms with Gasteiger partial charge in [0.2, 0.25) is 0 Å². The van der Waals surface area contributed by atoms with Gasteiger partial charge in [0.05, 0.1) is 0 Å². The van der Waals surface area contributed by atoms with Gasteiger partial charge in [0.25, 0.3) is 0 Å². The number of hydrogen-bond acceptors (Lipinski definition) is 3. The fourth-order valence-electron chi connectivity index (χ4n) is 2.74. The van der Waals surface area contributed by atoms with Gasteiger partial charge >= 0.3 is 0 Å². The average Bonchev–Trinajstić information content (AvgIpc) is 2.68. The topological polar surface area (TPSA) is 45.2 Å². The molecule has 26 heavy (non-hydrogen) atoms. The second-order valence-corrected chi connectivity index (χ2v) is 6.40. The van der Waals surface area contributed by atoms with E-state index >= 15 is 0 Å². The van der Waals surface area contributed by atoms with Crippen molar-refractivity contribution in [3.05, 3.63) is 99.8 Å². The second kappa shape index (κ2) is 10.7. The third-order valence-electron chi connectivity index (χ3n) is 4.13. The summed E-state index contributed by atoms with van der Waals surface area (Å²) in [4.78, 5) is 4.19. The van der Waals surface area contributed by atoms with Crippen LogP contribution in [0.4, 0.5) is 0 Å². The highest BCUT2D eigenvalue weighted by atomic mass is 35.5. The van der Waals surface area contributed by atoms with Crippen molar-refractivity contribution in [3.8, 4) is 0 Å². The molecule has 0 aliphatic heterocycles. The standard InChI is InChI=1S/C21H21ClN2.CH4O/c1-16-8-9-17(11-18-5-4-10-23-13-18)12-20(16)15-24-14-19-6-2-3-7-21(19)22;1-2/h2-10,12-13,24H,11,14-15H2,1H3;2H,1H3. The van der Waals surface area contributed by atoms with Crippen LogP contribution in [0.15, 0.2) is 67.0 Å². The summed E-state index contributed by atoms with van der Waals surface area (Å²) in [7, 11) is 1.00. The molecule has 0 amide bonds. The van der Waals surface area contributed by atoms with Crippen LogP contribution in [0.5, 0.6) is 0 Å². The SMILES string of the molecule is CO.Cc1ccc(Cc2cccnc2)cc1CNCc1ccccc1Cl. The first-order valence-corrected chi connectivity index (χ1v) is 8.96. The number of pyridine rings is 1. The van der Waals surface area contributed by atoms with Crippen LogP contribution in [-0.4, -0.2) is 17.2 Å². The molecule has 3 aromatic rings. The molecular formula is C22H25ClN2O. The lowest BCUT2D eigenvalue weighted by Crippen LogP contribution is -2.14. The second-order valence-electron chi connectivity index (χ2n) is 5.99. The highest BCUT2D eigenvalue weighted by molar-refractivity contribution is 6.31. The van der Waals surface area contributed by atoms with Crippen LogP contribution in [0.3, 0.4) is 0 Å². The molecule has 4 heteroatoms. The Morgan fingerprint density at radius 2 is 1.69 bits per heavy atom. The van der Waals surface area contributed by atoms with Crippen LogP contribution in [-0.2, 0) is 19.5 Å². The molecule has 0 unspecified atom stereocenters. The number of rotatable bonds is 6. The van der Waals surface area contributed by atoms with E-state index in [1.54, 1.807) is 0 Å². The summed E-state index contributed by atoms with van der Waals surface area (Å²) < 4.78 is 0. The quantitative estimate of drug-likeness (QED) is 0.671. The summed E-state index contributed by atoms with van der Waals surface area (Å²) in [5.41, 5.74) is 6.29. The predicted octanol–water partition coefficient (Wildman–Crippen LogP) is 4.53. The van der Waals surface area contributed by atoms with Crippen LogP contribution >= 0.6 is 11.6 Å². The van der Waals surface area contributed by atoms with Gasteiger partial charge in [0.1, 0.15) is 0 Å². The Morgan fingerprint density at radius 1 is 0.923 bits per heavy atom. The van der Waals surface area contributed by atoms with Crippen LogP contribution in [0, 0.1) is 6.92 Å². The number of nitrogens with one attached hydrogen (secondary N) is 1. The van der Waals surface area contributed by atoms with Gasteiger partial charge < -0.3 is 10.4 Å². The number of nitrogens with zero attached hydrogens (tertiary/aromatic N) is 1. The first-order valence-electron chi connectivity index (χ1n) is 8.58. The molecule has 0 bridgehead atoms. The minimum Gasteiger partial charge on any atom is -0.400 e. The molecule has 0 atom stereocenters. The van der Waals surface area contributed by atoms with Gasteiger partial charge in [0, 0.05) is 37.6 Å². The molecular weight excluding hydrogens is 344 g/mol. The first kappa shape index (κ1) is 20.1. The molecule has 0 aliphatic rings. The van der Waals surface area contributed by atoms with Crippen molar-refractivity contribution in [1.82, 2.24) is 10.3 Å². The fraction of sp³-hybridized carbons (Fsp3) is 0.227. The number of hydrogen-bond donors (Lipinski definition) is 2. The van der Waals surface area contributed by atoms with Crippen LogP contribution < -0.4 is 5.32 Å². The highest BCUT2D eigenvalue weighted by Crippen LogP contribution is 2.17. The molecule has 2 N–H and O–H groups in total. The number of halogens is 1. The maximum Gasteiger partial charge on any atom is 0.0450 e. The summed E-state index contributed by atoms with van der Waals surface area (Å²) in [5, 5.41) is 11.3. The lowest BCUT2D eigenvalue weighted by molar-refractivity contribution is 0.399. The van der Waals surface area contributed by atoms with Gasteiger partial charge in [-0.2, -0.15) is 0 Å². The monoisotopic (exact) mass is 368 g/mol. The van der Waals surface area contributed by atoms with Crippen molar-refractivity contribution in [2.24, 2.45) is 0 Å². The van der Waals surface area contributed by atoms with Gasteiger partial charge in [0.15, 0.2) is 0 Å². The van der Waals surface area contributed by atoms with Crippen LogP contribution in [0.25, 0.3) is 0 Å². The number of aliphatic hydroxyl groups excluding tert-OH is 1. The summed E-state index contributed by atoms with van der Waals surface area (Å²) in [6.45, 7) is 3.75. The van der Waals surface area contributed by atoms with Crippen LogP contribution in [0.1, 0.15) is 27.8 Å². The first-order chi connectivity index (χ1) is 12.7. The van der Waals surface area contributed by atoms with E-state index in [4.69, 9.17) is 16.7 Å². The Labute approximate surface area is 160 Å². The van der Waals surface area contributed by atoms with Crippen molar-refractivity contribution in [1.29, 1.82) is 0 Å². The smallest absolute Gasteiger partial charge is 0.0450 e. The third-order valence-corrected chi connectivity index (χ3v) is 4.50. The largest absolute Gasteiger partial charge is 0.400 e. The van der Waals surface area contributed by atoms with E-state index in [2.05, 4.69) is 47.6 Å². The Bertz CT molecular complexity index is 806. The van der Waals surface area contributed by atoms with E-state index in [-0.39, 0.29) is 0 Å². The number of benzene rings is 2. The van der Waals surface area contributed by atoms with Gasteiger partial charge in [-0.05, 0) is 53.3 Å². The van der Waals surface area contributed by atoms with E-state index in [1.807, 2.05) is 36.7 Å². The summed E-state index contributed by atoms with van der Waals surface area (Å²) in [5.74, 6) is 0. The van der Waals surface area contributed by atoms with E-state index in [9.17, 15) is 0 Å². The van der Waals surface area contributed by atoms with E-state index in [1.165, 1.54) is 22.3 Å². The van der Waals surface area contributed by atoms with Crippen molar-refractivity contribution in [3.63, 3.8) is 0 Å². The molecule has 3 rings (SSSR count). The summed E-state index contributed by atoms with van der Waals surface area (Å²) in [6.07, 6.45) is 4.64. The highest BCUT2D eigenvalue weighted by Gasteiger charge is 2.03. The van der Waals surface area contributed by atoms with Crippen molar-refractivity contribution >= 4 is 11.6 Å². The fourth-order valence-corrected chi connectivity index (χ4v) is 2.94. The number of aryl methyl sites for hydroxylation is 1. The minimum absolute atomic E-state index is 0.770. The lowest BCUT2D eigenvalue weighted by Gasteiger charge is -2.11. The Morgan fingerprint density at radius 3 is 2.42 bits per heavy atom. The zero-order valence-corrected chi connectivity index (χ0v) is 16.0. The molecule has 0 spiro atoms. The van der Waals surface area contributed by atoms with Gasteiger partial charge in [-0.25, -0.2) is 0 Å². The van der Waals surface area contributed by atoms with Crippen molar-refractivity contribution < 1.29 is 5.11 Å². The zero-order chi connectivity index (χ0) is 18.8. The van der Waals surface area contributed by atoms with Crippen molar-refractivity contribution in [2.45, 2.75) is 26.4 Å². The molecule has 1 heterocycles. The molecule has 0 radical (unpaired) electrons. The summed E-state index contributed by atoms with van der Waals surface area (Å²) in [6, 6.07) is 18.7.